The molecule has 0 spiro atoms. The minimum atomic E-state index is -0.796. The van der Waals surface area contributed by atoms with Gasteiger partial charge in [0.15, 0.2) is 0 Å². The number of H-pyrrole nitrogens is 1. The molecular weight excluding hydrogens is 382 g/mol. The molecule has 1 aliphatic heterocycles. The third-order valence-electron chi connectivity index (χ3n) is 5.22. The van der Waals surface area contributed by atoms with Crippen LogP contribution in [0.5, 0.6) is 0 Å². The van der Waals surface area contributed by atoms with Crippen molar-refractivity contribution in [2.24, 2.45) is 0 Å². The molecule has 4 rings (SSSR count). The summed E-state index contributed by atoms with van der Waals surface area (Å²) in [5, 5.41) is 2.86. The predicted molar refractivity (Wildman–Crippen MR) is 110 cm³/mol. The molecule has 0 saturated carbocycles. The number of amides is 2. The van der Waals surface area contributed by atoms with Crippen molar-refractivity contribution < 1.29 is 14.3 Å². The smallest absolute Gasteiger partial charge is 0.328 e. The number of hydrogen-bond donors (Lipinski definition) is 2. The van der Waals surface area contributed by atoms with E-state index in [4.69, 9.17) is 4.74 Å². The Morgan fingerprint density at radius 3 is 2.73 bits per heavy atom. The number of ether oxygens (including phenoxy) is 1. The Morgan fingerprint density at radius 1 is 1.20 bits per heavy atom. The zero-order valence-electron chi connectivity index (χ0n) is 16.6. The van der Waals surface area contributed by atoms with E-state index in [-0.39, 0.29) is 6.03 Å². The molecule has 2 N–H and O–H groups in total. The number of fused-ring (bicyclic) bond motifs is 1. The van der Waals surface area contributed by atoms with Crippen molar-refractivity contribution in [1.29, 1.82) is 0 Å². The molecule has 2 aromatic heterocycles. The normalized spacial score (nSPS) is 16.4. The van der Waals surface area contributed by atoms with Crippen molar-refractivity contribution in [3.05, 3.63) is 83.7 Å². The Labute approximate surface area is 174 Å². The molecule has 154 valence electrons. The molecule has 0 fully saturated rings. The van der Waals surface area contributed by atoms with Crippen LogP contribution >= 0.6 is 0 Å². The van der Waals surface area contributed by atoms with E-state index in [1.54, 1.807) is 17.4 Å². The molecule has 0 radical (unpaired) electrons. The molecule has 3 aromatic rings. The number of carbonyl (C=O) groups is 2. The Morgan fingerprint density at radius 2 is 2.00 bits per heavy atom. The highest BCUT2D eigenvalue weighted by Gasteiger charge is 2.36. The van der Waals surface area contributed by atoms with Crippen LogP contribution in [-0.4, -0.2) is 51.5 Å². The maximum absolute atomic E-state index is 13.3. The molecule has 2 amide bonds. The second-order valence-corrected chi connectivity index (χ2v) is 7.08. The van der Waals surface area contributed by atoms with Gasteiger partial charge in [0.1, 0.15) is 12.1 Å². The van der Waals surface area contributed by atoms with Gasteiger partial charge >= 0.3 is 12.0 Å². The van der Waals surface area contributed by atoms with Crippen molar-refractivity contribution in [3.63, 3.8) is 0 Å². The third kappa shape index (κ3) is 4.03. The van der Waals surface area contributed by atoms with Crippen LogP contribution in [0, 0.1) is 0 Å². The second kappa shape index (κ2) is 8.77. The van der Waals surface area contributed by atoms with Gasteiger partial charge in [-0.3, -0.25) is 4.98 Å². The summed E-state index contributed by atoms with van der Waals surface area (Å²) in [5.41, 5.74) is 3.41. The summed E-state index contributed by atoms with van der Waals surface area (Å²) >= 11 is 0. The number of hydrogen-bond acceptors (Lipinski definition) is 5. The molecule has 0 saturated heterocycles. The highest BCUT2D eigenvalue weighted by Crippen LogP contribution is 2.32. The Bertz CT molecular complexity index is 1010. The minimum absolute atomic E-state index is 0.342. The van der Waals surface area contributed by atoms with Crippen LogP contribution in [0.3, 0.4) is 0 Å². The molecule has 1 aliphatic rings. The number of aromatic amines is 1. The fraction of sp³-hybridized carbons (Fsp3) is 0.273. The van der Waals surface area contributed by atoms with E-state index in [0.717, 1.165) is 22.6 Å². The number of aromatic nitrogens is 3. The molecular formula is C22H23N5O3. The molecule has 0 aliphatic carbocycles. The van der Waals surface area contributed by atoms with E-state index < -0.39 is 18.1 Å². The first-order valence-corrected chi connectivity index (χ1v) is 9.79. The number of imidazole rings is 1. The first-order valence-electron chi connectivity index (χ1n) is 9.79. The van der Waals surface area contributed by atoms with Crippen LogP contribution in [0.2, 0.25) is 0 Å². The van der Waals surface area contributed by atoms with Gasteiger partial charge in [-0.05, 0) is 17.7 Å². The van der Waals surface area contributed by atoms with E-state index in [0.29, 0.717) is 19.4 Å². The third-order valence-corrected chi connectivity index (χ3v) is 5.22. The lowest BCUT2D eigenvalue weighted by Crippen LogP contribution is -2.52. The van der Waals surface area contributed by atoms with E-state index >= 15 is 0 Å². The quantitative estimate of drug-likeness (QED) is 0.634. The molecule has 30 heavy (non-hydrogen) atoms. The Balaban J connectivity index is 1.59. The zero-order valence-corrected chi connectivity index (χ0v) is 16.6. The van der Waals surface area contributed by atoms with Crippen LogP contribution in [0.1, 0.15) is 28.7 Å². The number of nitrogens with zero attached hydrogens (tertiary/aromatic N) is 3. The van der Waals surface area contributed by atoms with Gasteiger partial charge in [0.05, 0.1) is 24.8 Å². The maximum Gasteiger partial charge on any atom is 0.328 e. The van der Waals surface area contributed by atoms with Gasteiger partial charge in [0.2, 0.25) is 0 Å². The van der Waals surface area contributed by atoms with Gasteiger partial charge in [-0.2, -0.15) is 0 Å². The lowest BCUT2D eigenvalue weighted by atomic mass is 9.99. The molecule has 0 unspecified atom stereocenters. The van der Waals surface area contributed by atoms with E-state index in [1.165, 1.54) is 7.11 Å². The highest BCUT2D eigenvalue weighted by molar-refractivity contribution is 5.84. The van der Waals surface area contributed by atoms with Gasteiger partial charge in [-0.1, -0.05) is 36.4 Å². The molecule has 0 bridgehead atoms. The summed E-state index contributed by atoms with van der Waals surface area (Å²) in [6.45, 7) is 0.474. The van der Waals surface area contributed by atoms with Crippen LogP contribution in [0.15, 0.2) is 61.1 Å². The summed E-state index contributed by atoms with van der Waals surface area (Å²) in [6.07, 6.45) is 4.32. The number of pyridine rings is 1. The molecule has 2 atom stereocenters. The van der Waals surface area contributed by atoms with Crippen LogP contribution in [0.4, 0.5) is 4.79 Å². The lowest BCUT2D eigenvalue weighted by Gasteiger charge is -2.35. The number of rotatable bonds is 5. The molecule has 1 aromatic carbocycles. The van der Waals surface area contributed by atoms with E-state index in [9.17, 15) is 9.59 Å². The topological polar surface area (TPSA) is 100 Å². The average molecular weight is 405 g/mol. The van der Waals surface area contributed by atoms with Crippen molar-refractivity contribution >= 4 is 12.0 Å². The van der Waals surface area contributed by atoms with Gasteiger partial charge in [0.25, 0.3) is 0 Å². The fourth-order valence-corrected chi connectivity index (χ4v) is 3.75. The molecule has 8 heteroatoms. The summed E-state index contributed by atoms with van der Waals surface area (Å²) in [5.74, 6) is -0.487. The van der Waals surface area contributed by atoms with Crippen LogP contribution in [-0.2, 0) is 22.4 Å². The summed E-state index contributed by atoms with van der Waals surface area (Å²) in [6, 6.07) is 13.5. The fourth-order valence-electron chi connectivity index (χ4n) is 3.75. The summed E-state index contributed by atoms with van der Waals surface area (Å²) < 4.78 is 4.93. The zero-order chi connectivity index (χ0) is 20.9. The Hall–Kier alpha value is -3.68. The number of urea groups is 1. The Kier molecular flexibility index (Phi) is 5.74. The summed E-state index contributed by atoms with van der Waals surface area (Å²) in [7, 11) is 1.32. The number of esters is 1. The maximum atomic E-state index is 13.3. The average Bonchev–Trinajstić information content (AvgIpc) is 3.27. The molecule has 8 nitrogen and oxygen atoms in total. The number of nitrogens with one attached hydrogen (secondary N) is 2. The van der Waals surface area contributed by atoms with E-state index in [1.807, 2.05) is 48.5 Å². The number of methoxy groups -OCH3 is 1. The van der Waals surface area contributed by atoms with Crippen molar-refractivity contribution in [2.75, 3.05) is 13.7 Å². The number of carbonyl (C=O) groups excluding carboxylic acids is 2. The second-order valence-electron chi connectivity index (χ2n) is 7.08. The van der Waals surface area contributed by atoms with Gasteiger partial charge < -0.3 is 19.9 Å². The molecule has 3 heterocycles. The van der Waals surface area contributed by atoms with Crippen molar-refractivity contribution in [1.82, 2.24) is 25.2 Å². The first kappa shape index (κ1) is 19.6. The van der Waals surface area contributed by atoms with Crippen molar-refractivity contribution in [2.45, 2.75) is 24.9 Å². The van der Waals surface area contributed by atoms with Crippen molar-refractivity contribution in [3.8, 4) is 0 Å². The van der Waals surface area contributed by atoms with Crippen LogP contribution < -0.4 is 5.32 Å². The van der Waals surface area contributed by atoms with Gasteiger partial charge in [0, 0.05) is 31.3 Å². The van der Waals surface area contributed by atoms with E-state index in [2.05, 4.69) is 20.3 Å². The van der Waals surface area contributed by atoms with Gasteiger partial charge in [-0.15, -0.1) is 0 Å². The van der Waals surface area contributed by atoms with Crippen LogP contribution in [0.25, 0.3) is 0 Å². The predicted octanol–water partition coefficient (Wildman–Crippen LogP) is 2.25. The standard InChI is InChI=1S/C22H23N5O3/c1-30-21(28)18(13-15-7-3-2-4-8-15)26-22(29)27-12-10-16-19(25-14-24-16)20(27)17-9-5-6-11-23-17/h2-9,11,14,18,20H,10,12-13H2,1H3,(H,24,25)(H,26,29)/t18-,20+/m0/s1. The highest BCUT2D eigenvalue weighted by atomic mass is 16.5. The number of benzene rings is 1. The summed E-state index contributed by atoms with van der Waals surface area (Å²) in [4.78, 5) is 39.3. The minimum Gasteiger partial charge on any atom is -0.467 e. The lowest BCUT2D eigenvalue weighted by molar-refractivity contribution is -0.142. The van der Waals surface area contributed by atoms with Gasteiger partial charge in [-0.25, -0.2) is 14.6 Å². The SMILES string of the molecule is COC(=O)[C@H](Cc1ccccc1)NC(=O)N1CCc2[nH]cnc2[C@H]1c1ccccn1. The largest absolute Gasteiger partial charge is 0.467 e. The first-order chi connectivity index (χ1) is 14.7. The monoisotopic (exact) mass is 405 g/mol.